The first-order valence-corrected chi connectivity index (χ1v) is 7.14. The fourth-order valence-corrected chi connectivity index (χ4v) is 3.61. The van der Waals surface area contributed by atoms with Gasteiger partial charge in [-0.1, -0.05) is 18.2 Å². The lowest BCUT2D eigenvalue weighted by Gasteiger charge is -2.46. The number of rotatable bonds is 0. The Morgan fingerprint density at radius 3 is 2.41 bits per heavy atom. The smallest absolute Gasteiger partial charge is 0.394 e. The Morgan fingerprint density at radius 2 is 1.73 bits per heavy atom. The van der Waals surface area contributed by atoms with Crippen molar-refractivity contribution in [1.29, 1.82) is 0 Å². The number of nitrogens with zero attached hydrogens (tertiary/aromatic N) is 2. The molecule has 0 N–H and O–H groups in total. The highest BCUT2D eigenvalue weighted by molar-refractivity contribution is 6.31. The second kappa shape index (κ2) is 3.89. The lowest BCUT2D eigenvalue weighted by molar-refractivity contribution is -0.270. The molecule has 0 aliphatic carbocycles. The van der Waals surface area contributed by atoms with Crippen molar-refractivity contribution in [2.45, 2.75) is 25.3 Å². The zero-order valence-electron chi connectivity index (χ0n) is 12.6. The second-order valence-electron chi connectivity index (χ2n) is 6.45. The number of hydrogen-bond acceptors (Lipinski definition) is 5. The van der Waals surface area contributed by atoms with Crippen LogP contribution in [0.3, 0.4) is 0 Å². The van der Waals surface area contributed by atoms with E-state index in [0.717, 1.165) is 10.9 Å². The van der Waals surface area contributed by atoms with Crippen LogP contribution in [0.4, 0.5) is 0 Å². The minimum Gasteiger partial charge on any atom is -0.394 e. The van der Waals surface area contributed by atoms with Crippen LogP contribution in [0.5, 0.6) is 0 Å². The Bertz CT molecular complexity index is 805. The van der Waals surface area contributed by atoms with E-state index in [1.54, 1.807) is 11.9 Å². The molecule has 0 unspecified atom stereocenters. The summed E-state index contributed by atoms with van der Waals surface area (Å²) in [4.78, 5) is 25.1. The number of fused-ring (bicyclic) bond motifs is 4. The molecule has 2 aliphatic heterocycles. The van der Waals surface area contributed by atoms with E-state index in [4.69, 9.17) is 9.47 Å². The molecule has 0 radical (unpaired) electrons. The van der Waals surface area contributed by atoms with Gasteiger partial charge in [-0.2, -0.15) is 0 Å². The number of hydrogen-bond donors (Lipinski definition) is 0. The Hall–Kier alpha value is -2.34. The topological polar surface area (TPSA) is 60.8 Å². The average Bonchev–Trinajstić information content (AvgIpc) is 2.97. The quantitative estimate of drug-likeness (QED) is 0.545. The van der Waals surface area contributed by atoms with Gasteiger partial charge < -0.3 is 14.0 Å². The largest absolute Gasteiger partial charge is 0.422 e. The van der Waals surface area contributed by atoms with Gasteiger partial charge in [-0.3, -0.25) is 0 Å². The lowest BCUT2D eigenvalue weighted by Crippen LogP contribution is -2.57. The van der Waals surface area contributed by atoms with E-state index >= 15 is 0 Å². The van der Waals surface area contributed by atoms with Gasteiger partial charge in [0.15, 0.2) is 0 Å². The molecule has 1 aromatic carbocycles. The summed E-state index contributed by atoms with van der Waals surface area (Å²) in [5.41, 5.74) is 1.44. The molecule has 6 heteroatoms. The summed E-state index contributed by atoms with van der Waals surface area (Å²) in [5.74, 6) is -3.38. The molecule has 2 aromatic rings. The van der Waals surface area contributed by atoms with Gasteiger partial charge in [-0.25, -0.2) is 14.5 Å². The zero-order valence-corrected chi connectivity index (χ0v) is 12.6. The van der Waals surface area contributed by atoms with Crippen LogP contribution in [-0.2, 0) is 30.5 Å². The molecule has 0 atom stereocenters. The Balaban J connectivity index is 2.06. The number of benzene rings is 1. The van der Waals surface area contributed by atoms with Crippen molar-refractivity contribution in [3.05, 3.63) is 36.0 Å². The zero-order chi connectivity index (χ0) is 15.7. The molecule has 3 heterocycles. The predicted molar refractivity (Wildman–Crippen MR) is 77.8 cm³/mol. The molecule has 2 aliphatic rings. The standard InChI is InChI=1S/C16H16N2O4/c1-15(2)9-17(3)16(21-13(19)14(20)22-16)12-8-10-6-4-5-7-11(10)18(12)15/h4-8H,9H2,1-3H3. The molecule has 0 bridgehead atoms. The van der Waals surface area contributed by atoms with Crippen LogP contribution in [0.2, 0.25) is 0 Å². The molecule has 114 valence electrons. The summed E-state index contributed by atoms with van der Waals surface area (Å²) in [7, 11) is 1.79. The summed E-state index contributed by atoms with van der Waals surface area (Å²) in [6.45, 7) is 4.77. The van der Waals surface area contributed by atoms with Crippen molar-refractivity contribution in [2.75, 3.05) is 13.6 Å². The fourth-order valence-electron chi connectivity index (χ4n) is 3.61. The monoisotopic (exact) mass is 300 g/mol. The molecule has 4 rings (SSSR count). The molecule has 1 fully saturated rings. The molecule has 1 spiro atoms. The highest BCUT2D eigenvalue weighted by Crippen LogP contribution is 2.45. The van der Waals surface area contributed by atoms with Gasteiger partial charge in [-0.05, 0) is 33.0 Å². The van der Waals surface area contributed by atoms with Gasteiger partial charge in [-0.15, -0.1) is 0 Å². The Morgan fingerprint density at radius 1 is 1.09 bits per heavy atom. The molecule has 1 aromatic heterocycles. The summed E-state index contributed by atoms with van der Waals surface area (Å²) in [6, 6.07) is 9.83. The highest BCUT2D eigenvalue weighted by atomic mass is 16.8. The van der Waals surface area contributed by atoms with Crippen LogP contribution in [0.15, 0.2) is 30.3 Å². The third-order valence-electron chi connectivity index (χ3n) is 4.40. The maximum atomic E-state index is 11.6. The van der Waals surface area contributed by atoms with Crippen LogP contribution in [-0.4, -0.2) is 35.0 Å². The van der Waals surface area contributed by atoms with Crippen molar-refractivity contribution in [3.8, 4) is 0 Å². The van der Waals surface area contributed by atoms with Gasteiger partial charge in [0.2, 0.25) is 0 Å². The maximum Gasteiger partial charge on any atom is 0.422 e. The predicted octanol–water partition coefficient (Wildman–Crippen LogP) is 1.53. The first-order chi connectivity index (χ1) is 10.3. The van der Waals surface area contributed by atoms with E-state index in [9.17, 15) is 9.59 Å². The number of esters is 2. The number of para-hydroxylation sites is 1. The third kappa shape index (κ3) is 1.47. The van der Waals surface area contributed by atoms with E-state index in [1.165, 1.54) is 0 Å². The molecule has 22 heavy (non-hydrogen) atoms. The first-order valence-electron chi connectivity index (χ1n) is 7.14. The van der Waals surface area contributed by atoms with Crippen LogP contribution >= 0.6 is 0 Å². The van der Waals surface area contributed by atoms with Gasteiger partial charge in [0.25, 0.3) is 0 Å². The third-order valence-corrected chi connectivity index (χ3v) is 4.40. The maximum absolute atomic E-state index is 11.6. The molecule has 1 saturated heterocycles. The van der Waals surface area contributed by atoms with E-state index in [1.807, 2.05) is 30.3 Å². The van der Waals surface area contributed by atoms with Crippen LogP contribution < -0.4 is 0 Å². The van der Waals surface area contributed by atoms with Gasteiger partial charge >= 0.3 is 17.8 Å². The van der Waals surface area contributed by atoms with Crippen LogP contribution in [0, 0.1) is 0 Å². The molecule has 0 saturated carbocycles. The Kier molecular flexibility index (Phi) is 2.36. The van der Waals surface area contributed by atoms with Crippen molar-refractivity contribution in [3.63, 3.8) is 0 Å². The average molecular weight is 300 g/mol. The summed E-state index contributed by atoms with van der Waals surface area (Å²) in [5, 5.41) is 1.01. The number of carbonyl (C=O) groups is 2. The number of ether oxygens (including phenoxy) is 2. The minimum atomic E-state index is -1.47. The number of carbonyl (C=O) groups excluding carboxylic acids is 2. The van der Waals surface area contributed by atoms with E-state index in [-0.39, 0.29) is 5.54 Å². The molecular weight excluding hydrogens is 284 g/mol. The van der Waals surface area contributed by atoms with Crippen molar-refractivity contribution < 1.29 is 19.1 Å². The van der Waals surface area contributed by atoms with E-state index < -0.39 is 17.8 Å². The Labute approximate surface area is 127 Å². The summed E-state index contributed by atoms with van der Waals surface area (Å²) in [6.07, 6.45) is 0. The van der Waals surface area contributed by atoms with Gasteiger partial charge in [0.05, 0.1) is 5.54 Å². The normalized spacial score (nSPS) is 22.7. The van der Waals surface area contributed by atoms with Gasteiger partial charge in [0, 0.05) is 17.4 Å². The van der Waals surface area contributed by atoms with Crippen LogP contribution in [0.25, 0.3) is 10.9 Å². The first kappa shape index (κ1) is 13.3. The molecule has 6 nitrogen and oxygen atoms in total. The van der Waals surface area contributed by atoms with Crippen molar-refractivity contribution >= 4 is 22.8 Å². The van der Waals surface area contributed by atoms with E-state index in [2.05, 4.69) is 18.4 Å². The van der Waals surface area contributed by atoms with Crippen LogP contribution in [0.1, 0.15) is 19.5 Å². The highest BCUT2D eigenvalue weighted by Gasteiger charge is 2.59. The fraction of sp³-hybridized carbons (Fsp3) is 0.375. The van der Waals surface area contributed by atoms with Crippen molar-refractivity contribution in [2.24, 2.45) is 0 Å². The summed E-state index contributed by atoms with van der Waals surface area (Å²) < 4.78 is 12.8. The SMILES string of the molecule is CN1CC(C)(C)n2c(cc3ccccc32)C12OC(=O)C(=O)O2. The molecule has 0 amide bonds. The van der Waals surface area contributed by atoms with Gasteiger partial charge in [0.1, 0.15) is 5.69 Å². The van der Waals surface area contributed by atoms with Crippen molar-refractivity contribution in [1.82, 2.24) is 9.47 Å². The molecular formula is C16H16N2O4. The van der Waals surface area contributed by atoms with E-state index in [0.29, 0.717) is 12.2 Å². The lowest BCUT2D eigenvalue weighted by atomic mass is 9.99. The number of aromatic nitrogens is 1. The second-order valence-corrected chi connectivity index (χ2v) is 6.45. The summed E-state index contributed by atoms with van der Waals surface area (Å²) >= 11 is 0. The minimum absolute atomic E-state index is 0.236. The number of likely N-dealkylation sites (N-methyl/N-ethyl adjacent to an activating group) is 1.